The summed E-state index contributed by atoms with van der Waals surface area (Å²) in [5.74, 6) is -1.94. The fourth-order valence-corrected chi connectivity index (χ4v) is 4.36. The quantitative estimate of drug-likeness (QED) is 0.704. The monoisotopic (exact) mass is 410 g/mol. The fraction of sp³-hybridized carbons (Fsp3) is 0.389. The second kappa shape index (κ2) is 7.10. The number of nitrogens with one attached hydrogen (secondary N) is 1. The van der Waals surface area contributed by atoms with Crippen molar-refractivity contribution in [1.29, 1.82) is 0 Å². The van der Waals surface area contributed by atoms with Crippen LogP contribution in [0.1, 0.15) is 19.3 Å². The highest BCUT2D eigenvalue weighted by Gasteiger charge is 2.37. The summed E-state index contributed by atoms with van der Waals surface area (Å²) in [6.45, 7) is 0.117. The molecule has 2 aromatic carbocycles. The van der Waals surface area contributed by atoms with Crippen LogP contribution in [0.25, 0.3) is 10.8 Å². The van der Waals surface area contributed by atoms with Crippen LogP contribution >= 0.6 is 0 Å². The summed E-state index contributed by atoms with van der Waals surface area (Å²) in [4.78, 5) is 11.4. The van der Waals surface area contributed by atoms with E-state index in [2.05, 4.69) is 0 Å². The molecule has 4 rings (SSSR count). The Kier molecular flexibility index (Phi) is 4.76. The average Bonchev–Trinajstić information content (AvgIpc) is 2.86. The van der Waals surface area contributed by atoms with Crippen molar-refractivity contribution in [3.8, 4) is 11.5 Å². The molecule has 1 aliphatic carbocycles. The molecule has 1 saturated heterocycles. The molecular formula is C18H19FN2O6S. The Bertz CT molecular complexity index is 1040. The lowest BCUT2D eigenvalue weighted by Gasteiger charge is -2.25. The van der Waals surface area contributed by atoms with Crippen molar-refractivity contribution < 1.29 is 32.2 Å². The number of carbonyl (C=O) groups excluding carboxylic acids is 1. The second-order valence-electron chi connectivity index (χ2n) is 6.75. The smallest absolute Gasteiger partial charge is 0.326 e. The van der Waals surface area contributed by atoms with Gasteiger partial charge in [-0.3, -0.25) is 4.79 Å². The van der Waals surface area contributed by atoms with E-state index in [-0.39, 0.29) is 5.39 Å². The summed E-state index contributed by atoms with van der Waals surface area (Å²) in [6.07, 6.45) is 3.59. The van der Waals surface area contributed by atoms with Crippen LogP contribution in [0.15, 0.2) is 24.3 Å². The van der Waals surface area contributed by atoms with Gasteiger partial charge in [0.2, 0.25) is 0 Å². The predicted octanol–water partition coefficient (Wildman–Crippen LogP) is 1.81. The van der Waals surface area contributed by atoms with Crippen LogP contribution in [0.3, 0.4) is 0 Å². The van der Waals surface area contributed by atoms with Gasteiger partial charge in [0.1, 0.15) is 30.3 Å². The van der Waals surface area contributed by atoms with Crippen molar-refractivity contribution >= 4 is 32.6 Å². The molecule has 2 fully saturated rings. The minimum absolute atomic E-state index is 0.0692. The van der Waals surface area contributed by atoms with Crippen molar-refractivity contribution in [3.63, 3.8) is 0 Å². The molecule has 28 heavy (non-hydrogen) atoms. The third-order valence-corrected chi connectivity index (χ3v) is 6.21. The number of benzene rings is 2. The molecule has 8 nitrogen and oxygen atoms in total. The third kappa shape index (κ3) is 3.45. The van der Waals surface area contributed by atoms with Crippen molar-refractivity contribution in [2.24, 2.45) is 0 Å². The van der Waals surface area contributed by atoms with Gasteiger partial charge in [-0.1, -0.05) is 6.07 Å². The maximum atomic E-state index is 15.1. The molecule has 150 valence electrons. The lowest BCUT2D eigenvalue weighted by atomic mass is 9.96. The summed E-state index contributed by atoms with van der Waals surface area (Å²) in [5.41, 5.74) is -0.573. The summed E-state index contributed by atoms with van der Waals surface area (Å²) < 4.78 is 52.6. The summed E-state index contributed by atoms with van der Waals surface area (Å²) in [5, 5.41) is 10.6. The predicted molar refractivity (Wildman–Crippen MR) is 99.1 cm³/mol. The van der Waals surface area contributed by atoms with Crippen LogP contribution in [0.5, 0.6) is 11.5 Å². The summed E-state index contributed by atoms with van der Waals surface area (Å²) >= 11 is 0. The van der Waals surface area contributed by atoms with Crippen LogP contribution in [0.4, 0.5) is 10.1 Å². The molecule has 10 heteroatoms. The number of hydrogen-bond acceptors (Lipinski definition) is 6. The molecule has 0 unspecified atom stereocenters. The maximum Gasteiger partial charge on any atom is 0.326 e. The standard InChI is InChI=1S/C18H19FN2O6S/c19-17-14-9-13(27-7-6-26-12-2-1-3-12)5-4-11(14)8-15(22)18(17)21-10-16(23)20-28(21,24)25/h4-5,8-9,12,22H,1-3,6-7,10H2,(H,20,23). The molecular weight excluding hydrogens is 391 g/mol. The SMILES string of the molecule is O=C1CN(c2c(O)cc3ccc(OCCOC4CCC4)cc3c2F)S(=O)(=O)N1. The third-order valence-electron chi connectivity index (χ3n) is 4.83. The largest absolute Gasteiger partial charge is 0.506 e. The van der Waals surface area contributed by atoms with Gasteiger partial charge in [-0.2, -0.15) is 8.42 Å². The average molecular weight is 410 g/mol. The first-order valence-electron chi connectivity index (χ1n) is 8.88. The zero-order valence-corrected chi connectivity index (χ0v) is 15.7. The molecule has 1 heterocycles. The number of aromatic hydroxyl groups is 1. The maximum absolute atomic E-state index is 15.1. The highest BCUT2D eigenvalue weighted by atomic mass is 32.2. The highest BCUT2D eigenvalue weighted by Crippen LogP contribution is 2.39. The first-order valence-corrected chi connectivity index (χ1v) is 10.3. The minimum atomic E-state index is -4.25. The van der Waals surface area contributed by atoms with Crippen molar-refractivity contribution in [3.05, 3.63) is 30.1 Å². The van der Waals surface area contributed by atoms with Crippen LogP contribution < -0.4 is 13.8 Å². The molecule has 0 spiro atoms. The number of hydrogen-bond donors (Lipinski definition) is 2. The topological polar surface area (TPSA) is 105 Å². The van der Waals surface area contributed by atoms with Crippen molar-refractivity contribution in [2.75, 3.05) is 24.1 Å². The molecule has 0 bridgehead atoms. The van der Waals surface area contributed by atoms with E-state index in [4.69, 9.17) is 9.47 Å². The Labute approximate surface area is 161 Å². The number of rotatable bonds is 6. The van der Waals surface area contributed by atoms with Gasteiger partial charge in [0.05, 0.1) is 12.7 Å². The normalized spacial score (nSPS) is 18.9. The first kappa shape index (κ1) is 18.8. The van der Waals surface area contributed by atoms with E-state index < -0.39 is 39.9 Å². The van der Waals surface area contributed by atoms with Gasteiger partial charge < -0.3 is 14.6 Å². The molecule has 1 amide bonds. The van der Waals surface area contributed by atoms with Crippen LogP contribution in [-0.2, 0) is 19.7 Å². The van der Waals surface area contributed by atoms with E-state index in [1.54, 1.807) is 16.9 Å². The number of nitrogens with zero attached hydrogens (tertiary/aromatic N) is 1. The molecule has 1 saturated carbocycles. The highest BCUT2D eigenvalue weighted by molar-refractivity contribution is 7.92. The molecule has 2 aromatic rings. The van der Waals surface area contributed by atoms with Crippen LogP contribution in [0, 0.1) is 5.82 Å². The molecule has 0 atom stereocenters. The van der Waals surface area contributed by atoms with Crippen molar-refractivity contribution in [1.82, 2.24) is 4.72 Å². The fourth-order valence-electron chi connectivity index (χ4n) is 3.19. The molecule has 0 radical (unpaired) electrons. The lowest BCUT2D eigenvalue weighted by Crippen LogP contribution is -2.30. The van der Waals surface area contributed by atoms with Crippen LogP contribution in [0.2, 0.25) is 0 Å². The van der Waals surface area contributed by atoms with Gasteiger partial charge in [0, 0.05) is 5.39 Å². The summed E-state index contributed by atoms with van der Waals surface area (Å²) in [6, 6.07) is 5.86. The first-order chi connectivity index (χ1) is 13.3. The molecule has 1 aliphatic heterocycles. The number of fused-ring (bicyclic) bond motifs is 1. The van der Waals surface area contributed by atoms with E-state index in [1.807, 2.05) is 0 Å². The number of anilines is 1. The molecule has 0 aromatic heterocycles. The van der Waals surface area contributed by atoms with E-state index in [0.717, 1.165) is 12.8 Å². The van der Waals surface area contributed by atoms with Crippen LogP contribution in [-0.4, -0.2) is 45.3 Å². The zero-order valence-electron chi connectivity index (χ0n) is 14.9. The number of phenols is 1. The van der Waals surface area contributed by atoms with Gasteiger partial charge in [0.25, 0.3) is 5.91 Å². The van der Waals surface area contributed by atoms with Gasteiger partial charge in [0.15, 0.2) is 5.82 Å². The van der Waals surface area contributed by atoms with Crippen molar-refractivity contribution in [2.45, 2.75) is 25.4 Å². The van der Waals surface area contributed by atoms with E-state index in [0.29, 0.717) is 34.8 Å². The second-order valence-corrected chi connectivity index (χ2v) is 8.35. The van der Waals surface area contributed by atoms with E-state index in [1.165, 1.54) is 18.6 Å². The molecule has 2 N–H and O–H groups in total. The summed E-state index contributed by atoms with van der Waals surface area (Å²) in [7, 11) is -4.25. The van der Waals surface area contributed by atoms with Gasteiger partial charge >= 0.3 is 10.2 Å². The number of carbonyl (C=O) groups is 1. The van der Waals surface area contributed by atoms with Gasteiger partial charge in [-0.25, -0.2) is 13.4 Å². The number of halogens is 1. The number of ether oxygens (including phenoxy) is 2. The minimum Gasteiger partial charge on any atom is -0.506 e. The Balaban J connectivity index is 1.60. The van der Waals surface area contributed by atoms with E-state index >= 15 is 4.39 Å². The van der Waals surface area contributed by atoms with Gasteiger partial charge in [-0.05, 0) is 42.8 Å². The lowest BCUT2D eigenvalue weighted by molar-refractivity contribution is -0.117. The Hall–Kier alpha value is -2.59. The number of amides is 1. The number of phenolic OH excluding ortho intramolecular Hbond substituents is 1. The Morgan fingerprint density at radius 2 is 2.04 bits per heavy atom. The zero-order chi connectivity index (χ0) is 19.9. The van der Waals surface area contributed by atoms with Gasteiger partial charge in [-0.15, -0.1) is 0 Å². The Morgan fingerprint density at radius 3 is 2.68 bits per heavy atom. The van der Waals surface area contributed by atoms with E-state index in [9.17, 15) is 18.3 Å². The molecule has 2 aliphatic rings. The Morgan fingerprint density at radius 1 is 1.25 bits per heavy atom.